The Labute approximate surface area is 180 Å². The highest BCUT2D eigenvalue weighted by atomic mass is 16.3. The van der Waals surface area contributed by atoms with E-state index in [0.29, 0.717) is 38.2 Å². The van der Waals surface area contributed by atoms with Crippen LogP contribution in [-0.4, -0.2) is 58.3 Å². The molecule has 0 bridgehead atoms. The van der Waals surface area contributed by atoms with E-state index >= 15 is 0 Å². The minimum atomic E-state index is -0.285. The fourth-order valence-corrected chi connectivity index (χ4v) is 5.24. The summed E-state index contributed by atoms with van der Waals surface area (Å²) in [5.41, 5.74) is 2.66. The third kappa shape index (κ3) is 3.28. The number of amides is 1. The molecule has 1 aromatic carbocycles. The van der Waals surface area contributed by atoms with Crippen LogP contribution in [0.25, 0.3) is 10.9 Å². The predicted octanol–water partition coefficient (Wildman–Crippen LogP) is 1.53. The van der Waals surface area contributed by atoms with E-state index in [2.05, 4.69) is 16.4 Å². The van der Waals surface area contributed by atoms with Crippen molar-refractivity contribution in [2.24, 2.45) is 11.3 Å². The number of hydrogen-bond acceptors (Lipinski definition) is 4. The highest BCUT2D eigenvalue weighted by Gasteiger charge is 2.50. The first kappa shape index (κ1) is 20.0. The summed E-state index contributed by atoms with van der Waals surface area (Å²) in [7, 11) is 0. The van der Waals surface area contributed by atoms with Crippen molar-refractivity contribution in [1.29, 1.82) is 0 Å². The first-order chi connectivity index (χ1) is 15.0. The molecule has 162 valence electrons. The van der Waals surface area contributed by atoms with E-state index in [1.807, 2.05) is 37.4 Å². The fourth-order valence-electron chi connectivity index (χ4n) is 5.24. The van der Waals surface area contributed by atoms with Gasteiger partial charge in [0.05, 0.1) is 6.61 Å². The van der Waals surface area contributed by atoms with Gasteiger partial charge in [0.25, 0.3) is 11.5 Å². The van der Waals surface area contributed by atoms with Crippen LogP contribution in [0.4, 0.5) is 0 Å². The Bertz CT molecular complexity index is 1200. The van der Waals surface area contributed by atoms with Gasteiger partial charge in [-0.1, -0.05) is 18.2 Å². The number of aliphatic hydroxyl groups excluding tert-OH is 1. The molecule has 2 saturated heterocycles. The number of likely N-dealkylation sites (tertiary alicyclic amines) is 1. The largest absolute Gasteiger partial charge is 0.396 e. The van der Waals surface area contributed by atoms with E-state index in [-0.39, 0.29) is 35.0 Å². The van der Waals surface area contributed by atoms with Gasteiger partial charge >= 0.3 is 0 Å². The quantitative estimate of drug-likeness (QED) is 0.584. The Morgan fingerprint density at radius 3 is 2.94 bits per heavy atom. The van der Waals surface area contributed by atoms with Crippen LogP contribution in [-0.2, 0) is 13.0 Å². The molecule has 0 spiro atoms. The van der Waals surface area contributed by atoms with Crippen molar-refractivity contribution in [3.05, 3.63) is 69.8 Å². The summed E-state index contributed by atoms with van der Waals surface area (Å²) in [5, 5.41) is 14.4. The summed E-state index contributed by atoms with van der Waals surface area (Å²) in [6.45, 7) is 4.95. The number of aryl methyl sites for hydroxylation is 3. The number of aliphatic hydroxyl groups is 1. The second-order valence-electron chi connectivity index (χ2n) is 9.02. The Hall–Kier alpha value is -2.90. The molecule has 7 nitrogen and oxygen atoms in total. The lowest BCUT2D eigenvalue weighted by atomic mass is 9.82. The third-order valence-electron chi connectivity index (χ3n) is 7.17. The van der Waals surface area contributed by atoms with Crippen molar-refractivity contribution < 1.29 is 9.90 Å². The van der Waals surface area contributed by atoms with Crippen molar-refractivity contribution in [1.82, 2.24) is 19.8 Å². The van der Waals surface area contributed by atoms with Crippen LogP contribution in [0.2, 0.25) is 0 Å². The first-order valence-corrected chi connectivity index (χ1v) is 10.9. The van der Waals surface area contributed by atoms with Gasteiger partial charge in [-0.15, -0.1) is 0 Å². The maximum atomic E-state index is 13.3. The first-order valence-electron chi connectivity index (χ1n) is 10.9. The number of rotatable bonds is 5. The third-order valence-corrected chi connectivity index (χ3v) is 7.17. The number of aromatic nitrogens is 2. The lowest BCUT2D eigenvalue weighted by Gasteiger charge is -2.25. The average Bonchev–Trinajstić information content (AvgIpc) is 3.45. The van der Waals surface area contributed by atoms with Crippen molar-refractivity contribution in [2.75, 3.05) is 32.8 Å². The maximum Gasteiger partial charge on any atom is 0.263 e. The molecule has 0 unspecified atom stereocenters. The summed E-state index contributed by atoms with van der Waals surface area (Å²) in [6, 6.07) is 9.96. The summed E-state index contributed by atoms with van der Waals surface area (Å²) >= 11 is 0. The molecule has 4 heterocycles. The van der Waals surface area contributed by atoms with Crippen LogP contribution in [0.5, 0.6) is 0 Å². The zero-order valence-electron chi connectivity index (χ0n) is 17.7. The second-order valence-corrected chi connectivity index (χ2v) is 9.02. The standard InChI is InChI=1S/C24H28N4O3/c1-16-6-8-27(9-7-17-10-26-20-5-3-2-4-19(17)20)22(30)21(16)23(31)28-12-18-11-25-13-24(18,14-28)15-29/h2-6,8,10,18,25-26,29H,7,9,11-15H2,1H3/t18-,24+/m0/s1. The van der Waals surface area contributed by atoms with Gasteiger partial charge in [-0.25, -0.2) is 0 Å². The van der Waals surface area contributed by atoms with Gasteiger partial charge in [-0.2, -0.15) is 0 Å². The van der Waals surface area contributed by atoms with Crippen molar-refractivity contribution in [3.8, 4) is 0 Å². The van der Waals surface area contributed by atoms with E-state index in [0.717, 1.165) is 23.0 Å². The summed E-state index contributed by atoms with van der Waals surface area (Å²) < 4.78 is 1.64. The zero-order valence-corrected chi connectivity index (χ0v) is 17.7. The monoisotopic (exact) mass is 420 g/mol. The van der Waals surface area contributed by atoms with Gasteiger partial charge in [0.15, 0.2) is 0 Å². The van der Waals surface area contributed by atoms with Crippen LogP contribution in [0.15, 0.2) is 47.5 Å². The highest BCUT2D eigenvalue weighted by Crippen LogP contribution is 2.38. The number of nitrogens with zero attached hydrogens (tertiary/aromatic N) is 2. The Morgan fingerprint density at radius 1 is 1.29 bits per heavy atom. The number of pyridine rings is 1. The minimum absolute atomic E-state index is 0.0527. The van der Waals surface area contributed by atoms with Crippen molar-refractivity contribution in [3.63, 3.8) is 0 Å². The number of aromatic amines is 1. The maximum absolute atomic E-state index is 13.3. The molecule has 1 amide bonds. The summed E-state index contributed by atoms with van der Waals surface area (Å²) in [6.07, 6.45) is 4.47. The zero-order chi connectivity index (χ0) is 21.6. The van der Waals surface area contributed by atoms with Gasteiger partial charge in [-0.05, 0) is 42.5 Å². The second kappa shape index (κ2) is 7.66. The minimum Gasteiger partial charge on any atom is -0.396 e. The van der Waals surface area contributed by atoms with Gasteiger partial charge in [0.1, 0.15) is 5.56 Å². The molecule has 5 rings (SSSR count). The van der Waals surface area contributed by atoms with Crippen LogP contribution in [0.1, 0.15) is 21.5 Å². The molecule has 2 aliphatic heterocycles. The molecule has 7 heteroatoms. The SMILES string of the molecule is Cc1ccn(CCc2c[nH]c3ccccc23)c(=O)c1C(=O)N1C[C@@H]2CNC[C@]2(CO)C1. The number of nitrogens with one attached hydrogen (secondary N) is 2. The van der Waals surface area contributed by atoms with E-state index in [1.165, 1.54) is 0 Å². The van der Waals surface area contributed by atoms with Crippen molar-refractivity contribution >= 4 is 16.8 Å². The molecule has 2 fully saturated rings. The van der Waals surface area contributed by atoms with Gasteiger partial charge in [0, 0.05) is 61.4 Å². The number of hydrogen-bond donors (Lipinski definition) is 3. The van der Waals surface area contributed by atoms with Crippen LogP contribution in [0, 0.1) is 18.3 Å². The molecule has 3 aromatic rings. The average molecular weight is 421 g/mol. The Balaban J connectivity index is 1.38. The number of benzene rings is 1. The summed E-state index contributed by atoms with van der Waals surface area (Å²) in [4.78, 5) is 31.6. The molecule has 2 aliphatic rings. The summed E-state index contributed by atoms with van der Waals surface area (Å²) in [5.74, 6) is 0.0146. The predicted molar refractivity (Wildman–Crippen MR) is 119 cm³/mol. The van der Waals surface area contributed by atoms with Gasteiger partial charge < -0.3 is 24.9 Å². The Kier molecular flexibility index (Phi) is 4.95. The number of H-pyrrole nitrogens is 1. The Morgan fingerprint density at radius 2 is 2.13 bits per heavy atom. The number of fused-ring (bicyclic) bond motifs is 2. The molecule has 31 heavy (non-hydrogen) atoms. The van der Waals surface area contributed by atoms with Crippen LogP contribution in [0.3, 0.4) is 0 Å². The molecule has 2 atom stereocenters. The lowest BCUT2D eigenvalue weighted by Crippen LogP contribution is -2.40. The van der Waals surface area contributed by atoms with E-state index in [1.54, 1.807) is 15.7 Å². The normalized spacial score (nSPS) is 22.9. The number of para-hydroxylation sites is 1. The van der Waals surface area contributed by atoms with Crippen molar-refractivity contribution in [2.45, 2.75) is 19.9 Å². The molecule has 3 N–H and O–H groups in total. The highest BCUT2D eigenvalue weighted by molar-refractivity contribution is 5.95. The van der Waals surface area contributed by atoms with Crippen LogP contribution >= 0.6 is 0 Å². The molecule has 0 aliphatic carbocycles. The topological polar surface area (TPSA) is 90.4 Å². The number of carbonyl (C=O) groups excluding carboxylic acids is 1. The van der Waals surface area contributed by atoms with Gasteiger partial charge in [-0.3, -0.25) is 9.59 Å². The lowest BCUT2D eigenvalue weighted by molar-refractivity contribution is 0.0742. The smallest absolute Gasteiger partial charge is 0.263 e. The molecular weight excluding hydrogens is 392 g/mol. The molecule has 0 radical (unpaired) electrons. The molecule has 2 aromatic heterocycles. The fraction of sp³-hybridized carbons (Fsp3) is 0.417. The van der Waals surface area contributed by atoms with E-state index in [9.17, 15) is 14.7 Å². The van der Waals surface area contributed by atoms with Crippen LogP contribution < -0.4 is 10.9 Å². The molecular formula is C24H28N4O3. The number of carbonyl (C=O) groups is 1. The van der Waals surface area contributed by atoms with E-state index < -0.39 is 0 Å². The van der Waals surface area contributed by atoms with E-state index in [4.69, 9.17) is 0 Å². The van der Waals surface area contributed by atoms with Gasteiger partial charge in [0.2, 0.25) is 0 Å². The molecule has 0 saturated carbocycles.